The van der Waals surface area contributed by atoms with Gasteiger partial charge in [0, 0.05) is 35.1 Å². The summed E-state index contributed by atoms with van der Waals surface area (Å²) in [5, 5.41) is 13.5. The minimum Gasteiger partial charge on any atom is -0.345 e. The Hall–Kier alpha value is -3.49. The van der Waals surface area contributed by atoms with Crippen LogP contribution < -0.4 is 5.32 Å². The van der Waals surface area contributed by atoms with Crippen molar-refractivity contribution >= 4 is 23.4 Å². The van der Waals surface area contributed by atoms with Gasteiger partial charge in [-0.3, -0.25) is 24.6 Å². The lowest BCUT2D eigenvalue weighted by atomic mass is 9.92. The van der Waals surface area contributed by atoms with Crippen molar-refractivity contribution in [2.45, 2.75) is 45.2 Å². The largest absolute Gasteiger partial charge is 0.345 e. The van der Waals surface area contributed by atoms with Crippen LogP contribution in [0, 0.1) is 24.0 Å². The standard InChI is InChI=1S/C21H22N4O5/c1-12-10-17(13(2)24(12)15-8-9-15)18(26)11-23-19(27)21(3,22-20(23)28)14-4-6-16(7-5-14)25(29)30/h4-7,10,15H,8-9,11H2,1-3H3,(H,22,28). The zero-order valence-corrected chi connectivity index (χ0v) is 17.0. The van der Waals surface area contributed by atoms with E-state index < -0.39 is 22.4 Å². The van der Waals surface area contributed by atoms with Gasteiger partial charge in [-0.05, 0) is 57.4 Å². The SMILES string of the molecule is Cc1cc(C(=O)CN2C(=O)NC(C)(c3ccc([N+](=O)[O-])cc3)C2=O)c(C)n1C1CC1. The number of benzene rings is 1. The first-order valence-electron chi connectivity index (χ1n) is 9.74. The molecule has 0 radical (unpaired) electrons. The van der Waals surface area contributed by atoms with Gasteiger partial charge in [-0.1, -0.05) is 0 Å². The lowest BCUT2D eigenvalue weighted by Crippen LogP contribution is -2.41. The van der Waals surface area contributed by atoms with Crippen molar-refractivity contribution in [3.8, 4) is 0 Å². The van der Waals surface area contributed by atoms with E-state index in [9.17, 15) is 24.5 Å². The molecular weight excluding hydrogens is 388 g/mol. The maximum absolute atomic E-state index is 13.1. The minimum atomic E-state index is -1.39. The number of nitrogens with one attached hydrogen (secondary N) is 1. The average molecular weight is 410 g/mol. The number of carbonyl (C=O) groups is 3. The Bertz CT molecular complexity index is 1080. The maximum Gasteiger partial charge on any atom is 0.325 e. The van der Waals surface area contributed by atoms with Gasteiger partial charge >= 0.3 is 6.03 Å². The lowest BCUT2D eigenvalue weighted by Gasteiger charge is -2.22. The number of imide groups is 1. The summed E-state index contributed by atoms with van der Waals surface area (Å²) in [6.07, 6.45) is 2.18. The van der Waals surface area contributed by atoms with Crippen LogP contribution in [0.2, 0.25) is 0 Å². The van der Waals surface area contributed by atoms with E-state index in [1.165, 1.54) is 31.2 Å². The Labute approximate surface area is 172 Å². The molecule has 2 aromatic rings. The summed E-state index contributed by atoms with van der Waals surface area (Å²) in [6.45, 7) is 4.99. The number of nitro benzene ring substituents is 1. The molecule has 1 N–H and O–H groups in total. The Morgan fingerprint density at radius 2 is 1.87 bits per heavy atom. The Morgan fingerprint density at radius 3 is 2.43 bits per heavy atom. The molecule has 1 aliphatic heterocycles. The highest BCUT2D eigenvalue weighted by molar-refractivity contribution is 6.11. The van der Waals surface area contributed by atoms with E-state index in [-0.39, 0.29) is 18.0 Å². The summed E-state index contributed by atoms with van der Waals surface area (Å²) in [4.78, 5) is 49.7. The molecular formula is C21H22N4O5. The summed E-state index contributed by atoms with van der Waals surface area (Å²) < 4.78 is 2.14. The third-order valence-corrected chi connectivity index (χ3v) is 5.93. The second-order valence-electron chi connectivity index (χ2n) is 8.06. The number of amides is 3. The number of rotatable bonds is 6. The Balaban J connectivity index is 1.56. The van der Waals surface area contributed by atoms with Crippen LogP contribution in [0.25, 0.3) is 0 Å². The number of hydrogen-bond acceptors (Lipinski definition) is 5. The topological polar surface area (TPSA) is 115 Å². The number of ketones is 1. The van der Waals surface area contributed by atoms with Crippen LogP contribution >= 0.6 is 0 Å². The first-order valence-corrected chi connectivity index (χ1v) is 9.74. The fourth-order valence-electron chi connectivity index (χ4n) is 4.14. The van der Waals surface area contributed by atoms with Crippen LogP contribution in [-0.2, 0) is 10.3 Å². The van der Waals surface area contributed by atoms with E-state index in [4.69, 9.17) is 0 Å². The molecule has 2 fully saturated rings. The number of nitrogens with zero attached hydrogens (tertiary/aromatic N) is 3. The highest BCUT2D eigenvalue weighted by Crippen LogP contribution is 2.38. The molecule has 3 amide bonds. The second kappa shape index (κ2) is 6.79. The molecule has 1 aromatic carbocycles. The molecule has 156 valence electrons. The van der Waals surface area contributed by atoms with Gasteiger partial charge < -0.3 is 9.88 Å². The lowest BCUT2D eigenvalue weighted by molar-refractivity contribution is -0.384. The molecule has 0 spiro atoms. The maximum atomic E-state index is 13.1. The molecule has 9 heteroatoms. The van der Waals surface area contributed by atoms with Crippen LogP contribution in [0.4, 0.5) is 10.5 Å². The number of aromatic nitrogens is 1. The average Bonchev–Trinajstić information content (AvgIpc) is 3.45. The van der Waals surface area contributed by atoms with Gasteiger partial charge in [-0.2, -0.15) is 0 Å². The predicted octanol–water partition coefficient (Wildman–Crippen LogP) is 3.00. The number of hydrogen-bond donors (Lipinski definition) is 1. The van der Waals surface area contributed by atoms with Gasteiger partial charge in [0.15, 0.2) is 5.78 Å². The van der Waals surface area contributed by atoms with E-state index >= 15 is 0 Å². The van der Waals surface area contributed by atoms with Crippen molar-refractivity contribution in [1.82, 2.24) is 14.8 Å². The second-order valence-corrected chi connectivity index (χ2v) is 8.06. The van der Waals surface area contributed by atoms with E-state index in [2.05, 4.69) is 9.88 Å². The molecule has 1 saturated heterocycles. The van der Waals surface area contributed by atoms with Crippen LogP contribution in [0.3, 0.4) is 0 Å². The number of urea groups is 1. The van der Waals surface area contributed by atoms with Crippen LogP contribution in [0.1, 0.15) is 53.1 Å². The molecule has 1 aliphatic carbocycles. The number of aryl methyl sites for hydroxylation is 1. The molecule has 0 bridgehead atoms. The summed E-state index contributed by atoms with van der Waals surface area (Å²) in [5.74, 6) is -0.864. The predicted molar refractivity (Wildman–Crippen MR) is 107 cm³/mol. The molecule has 1 aromatic heterocycles. The van der Waals surface area contributed by atoms with Crippen molar-refractivity contribution in [2.24, 2.45) is 0 Å². The summed E-state index contributed by atoms with van der Waals surface area (Å²) in [7, 11) is 0. The molecule has 30 heavy (non-hydrogen) atoms. The monoisotopic (exact) mass is 410 g/mol. The number of non-ortho nitro benzene ring substituents is 1. The Kier molecular flexibility index (Phi) is 4.48. The number of nitro groups is 1. The zero-order valence-electron chi connectivity index (χ0n) is 17.0. The van der Waals surface area contributed by atoms with Gasteiger partial charge in [0.2, 0.25) is 0 Å². The molecule has 4 rings (SSSR count). The van der Waals surface area contributed by atoms with Crippen molar-refractivity contribution in [3.63, 3.8) is 0 Å². The summed E-state index contributed by atoms with van der Waals surface area (Å²) >= 11 is 0. The smallest absolute Gasteiger partial charge is 0.325 e. The van der Waals surface area contributed by atoms with Gasteiger partial charge in [0.25, 0.3) is 11.6 Å². The molecule has 1 saturated carbocycles. The molecule has 9 nitrogen and oxygen atoms in total. The normalized spacial score (nSPS) is 21.1. The van der Waals surface area contributed by atoms with Gasteiger partial charge in [-0.25, -0.2) is 4.79 Å². The fourth-order valence-corrected chi connectivity index (χ4v) is 4.14. The van der Waals surface area contributed by atoms with Gasteiger partial charge in [-0.15, -0.1) is 0 Å². The third kappa shape index (κ3) is 3.06. The van der Waals surface area contributed by atoms with E-state index in [1.54, 1.807) is 0 Å². The van der Waals surface area contributed by atoms with Gasteiger partial charge in [0.1, 0.15) is 5.54 Å². The van der Waals surface area contributed by atoms with E-state index in [0.717, 1.165) is 29.1 Å². The van der Waals surface area contributed by atoms with Crippen LogP contribution in [-0.4, -0.2) is 38.7 Å². The molecule has 2 heterocycles. The third-order valence-electron chi connectivity index (χ3n) is 5.93. The fraction of sp³-hybridized carbons (Fsp3) is 0.381. The van der Waals surface area contributed by atoms with E-state index in [1.807, 2.05) is 19.9 Å². The van der Waals surface area contributed by atoms with E-state index in [0.29, 0.717) is 17.2 Å². The zero-order chi connectivity index (χ0) is 21.8. The van der Waals surface area contributed by atoms with Crippen molar-refractivity contribution in [3.05, 3.63) is 63.0 Å². The number of carbonyl (C=O) groups excluding carboxylic acids is 3. The van der Waals surface area contributed by atoms with Gasteiger partial charge in [0.05, 0.1) is 11.5 Å². The van der Waals surface area contributed by atoms with Crippen LogP contribution in [0.15, 0.2) is 30.3 Å². The van der Waals surface area contributed by atoms with Crippen molar-refractivity contribution in [2.75, 3.05) is 6.54 Å². The first kappa shape index (κ1) is 19.8. The van der Waals surface area contributed by atoms with Crippen molar-refractivity contribution < 1.29 is 19.3 Å². The molecule has 2 aliphatic rings. The molecule has 1 unspecified atom stereocenters. The highest BCUT2D eigenvalue weighted by atomic mass is 16.6. The van der Waals surface area contributed by atoms with Crippen molar-refractivity contribution in [1.29, 1.82) is 0 Å². The quantitative estimate of drug-likeness (QED) is 0.340. The highest BCUT2D eigenvalue weighted by Gasteiger charge is 2.49. The Morgan fingerprint density at radius 1 is 1.23 bits per heavy atom. The summed E-state index contributed by atoms with van der Waals surface area (Å²) in [6, 6.07) is 7.00. The summed E-state index contributed by atoms with van der Waals surface area (Å²) in [5.41, 5.74) is 1.27. The van der Waals surface area contributed by atoms with Crippen LogP contribution in [0.5, 0.6) is 0 Å². The number of Topliss-reactive ketones (excluding diaryl/α,β-unsaturated/α-hetero) is 1. The minimum absolute atomic E-state index is 0.114. The first-order chi connectivity index (χ1) is 14.1. The molecule has 1 atom stereocenters.